The highest BCUT2D eigenvalue weighted by molar-refractivity contribution is 5.87. The van der Waals surface area contributed by atoms with Gasteiger partial charge in [-0.25, -0.2) is 0 Å². The minimum absolute atomic E-state index is 0.390. The van der Waals surface area contributed by atoms with E-state index in [0.29, 0.717) is 5.92 Å². The smallest absolute Gasteiger partial charge is 0.119 e. The van der Waals surface area contributed by atoms with Gasteiger partial charge in [0, 0.05) is 5.92 Å². The Bertz CT molecular complexity index is 401. The number of methoxy groups -OCH3 is 1. The van der Waals surface area contributed by atoms with Crippen LogP contribution in [0, 0.1) is 5.92 Å². The number of benzene rings is 1. The Morgan fingerprint density at radius 3 is 3.06 bits per heavy atom. The molecule has 1 fully saturated rings. The average Bonchev–Trinajstić information content (AvgIpc) is 2.39. The zero-order chi connectivity index (χ0) is 12.1. The molecule has 1 N–H and O–H groups in total. The van der Waals surface area contributed by atoms with Gasteiger partial charge in [-0.05, 0) is 43.4 Å². The van der Waals surface area contributed by atoms with Crippen molar-refractivity contribution in [1.29, 1.82) is 0 Å². The molecule has 1 aliphatic carbocycles. The highest BCUT2D eigenvalue weighted by atomic mass is 16.5. The van der Waals surface area contributed by atoms with Crippen molar-refractivity contribution in [1.82, 2.24) is 0 Å². The summed E-state index contributed by atoms with van der Waals surface area (Å²) >= 11 is 0. The van der Waals surface area contributed by atoms with Crippen LogP contribution in [0.15, 0.2) is 29.4 Å². The predicted molar refractivity (Wildman–Crippen MR) is 67.9 cm³/mol. The molecular formula is C14H19NO2. The molecule has 1 unspecified atom stereocenters. The lowest BCUT2D eigenvalue weighted by atomic mass is 9.83. The molecule has 0 bridgehead atoms. The van der Waals surface area contributed by atoms with Gasteiger partial charge in [-0.3, -0.25) is 0 Å². The lowest BCUT2D eigenvalue weighted by molar-refractivity contribution is 0.308. The summed E-state index contributed by atoms with van der Waals surface area (Å²) < 4.78 is 5.22. The number of ether oxygens (including phenoxy) is 1. The third kappa shape index (κ3) is 2.99. The molecule has 0 aliphatic heterocycles. The lowest BCUT2D eigenvalue weighted by Crippen LogP contribution is -2.21. The molecule has 3 nitrogen and oxygen atoms in total. The van der Waals surface area contributed by atoms with E-state index in [0.717, 1.165) is 37.1 Å². The molecule has 0 spiro atoms. The van der Waals surface area contributed by atoms with E-state index in [4.69, 9.17) is 9.94 Å². The van der Waals surface area contributed by atoms with Crippen LogP contribution in [-0.2, 0) is 6.42 Å². The highest BCUT2D eigenvalue weighted by Gasteiger charge is 2.21. The van der Waals surface area contributed by atoms with Gasteiger partial charge >= 0.3 is 0 Å². The van der Waals surface area contributed by atoms with Crippen molar-refractivity contribution in [3.05, 3.63) is 29.8 Å². The van der Waals surface area contributed by atoms with Gasteiger partial charge in [0.25, 0.3) is 0 Å². The standard InChI is InChI=1S/C14H19NO2/c1-17-13-7-4-5-11(10-13)9-12-6-2-3-8-14(12)15-16/h4-5,7,10,12,16H,2-3,6,8-9H2,1H3/b15-14+. The first-order valence-corrected chi connectivity index (χ1v) is 6.17. The van der Waals surface area contributed by atoms with Gasteiger partial charge in [-0.2, -0.15) is 0 Å². The highest BCUT2D eigenvalue weighted by Crippen LogP contribution is 2.26. The van der Waals surface area contributed by atoms with Gasteiger partial charge in [-0.15, -0.1) is 0 Å². The molecule has 0 aromatic heterocycles. The van der Waals surface area contributed by atoms with E-state index in [1.54, 1.807) is 7.11 Å². The quantitative estimate of drug-likeness (QED) is 0.643. The van der Waals surface area contributed by atoms with Crippen molar-refractivity contribution < 1.29 is 9.94 Å². The molecule has 3 heteroatoms. The van der Waals surface area contributed by atoms with E-state index in [1.807, 2.05) is 12.1 Å². The fraction of sp³-hybridized carbons (Fsp3) is 0.500. The molecule has 1 saturated carbocycles. The molecule has 1 aromatic carbocycles. The van der Waals surface area contributed by atoms with Crippen LogP contribution in [0.3, 0.4) is 0 Å². The van der Waals surface area contributed by atoms with Crippen molar-refractivity contribution in [2.45, 2.75) is 32.1 Å². The zero-order valence-corrected chi connectivity index (χ0v) is 10.2. The summed E-state index contributed by atoms with van der Waals surface area (Å²) in [5.41, 5.74) is 2.21. The number of hydrogen-bond donors (Lipinski definition) is 1. The minimum Gasteiger partial charge on any atom is -0.497 e. The summed E-state index contributed by atoms with van der Waals surface area (Å²) in [7, 11) is 1.68. The largest absolute Gasteiger partial charge is 0.497 e. The van der Waals surface area contributed by atoms with Crippen molar-refractivity contribution in [3.8, 4) is 5.75 Å². The first-order chi connectivity index (χ1) is 8.33. The summed E-state index contributed by atoms with van der Waals surface area (Å²) in [5, 5.41) is 12.5. The van der Waals surface area contributed by atoms with Crippen molar-refractivity contribution in [3.63, 3.8) is 0 Å². The third-order valence-corrected chi connectivity index (χ3v) is 3.45. The summed E-state index contributed by atoms with van der Waals surface area (Å²) in [5.74, 6) is 1.28. The van der Waals surface area contributed by atoms with Crippen LogP contribution in [-0.4, -0.2) is 18.0 Å². The maximum absolute atomic E-state index is 9.00. The molecule has 92 valence electrons. The Balaban J connectivity index is 2.08. The lowest BCUT2D eigenvalue weighted by Gasteiger charge is -2.23. The molecule has 2 rings (SSSR count). The van der Waals surface area contributed by atoms with Crippen LogP contribution in [0.5, 0.6) is 5.75 Å². The maximum atomic E-state index is 9.00. The van der Waals surface area contributed by atoms with Crippen molar-refractivity contribution in [2.75, 3.05) is 7.11 Å². The molecule has 0 radical (unpaired) electrons. The Morgan fingerprint density at radius 1 is 1.41 bits per heavy atom. The van der Waals surface area contributed by atoms with Gasteiger partial charge in [0.2, 0.25) is 0 Å². The van der Waals surface area contributed by atoms with Crippen LogP contribution in [0.2, 0.25) is 0 Å². The van der Waals surface area contributed by atoms with Gasteiger partial charge in [0.1, 0.15) is 5.75 Å². The van der Waals surface area contributed by atoms with E-state index < -0.39 is 0 Å². The monoisotopic (exact) mass is 233 g/mol. The van der Waals surface area contributed by atoms with Crippen LogP contribution in [0.4, 0.5) is 0 Å². The van der Waals surface area contributed by atoms with Gasteiger partial charge < -0.3 is 9.94 Å². The summed E-state index contributed by atoms with van der Waals surface area (Å²) in [6.07, 6.45) is 5.37. The molecule has 17 heavy (non-hydrogen) atoms. The fourth-order valence-electron chi connectivity index (χ4n) is 2.50. The molecule has 1 aliphatic rings. The Hall–Kier alpha value is -1.51. The van der Waals surface area contributed by atoms with Gasteiger partial charge in [0.05, 0.1) is 12.8 Å². The van der Waals surface area contributed by atoms with Crippen LogP contribution < -0.4 is 4.74 Å². The number of oxime groups is 1. The predicted octanol–water partition coefficient (Wildman–Crippen LogP) is 3.26. The Morgan fingerprint density at radius 2 is 2.29 bits per heavy atom. The summed E-state index contributed by atoms with van der Waals surface area (Å²) in [4.78, 5) is 0. The SMILES string of the molecule is COc1cccc(CC2CCCC/C2=N\O)c1. The van der Waals surface area contributed by atoms with E-state index in [1.165, 1.54) is 12.0 Å². The molecule has 1 atom stereocenters. The zero-order valence-electron chi connectivity index (χ0n) is 10.2. The topological polar surface area (TPSA) is 41.8 Å². The molecule has 0 amide bonds. The minimum atomic E-state index is 0.390. The molecule has 0 saturated heterocycles. The fourth-order valence-corrected chi connectivity index (χ4v) is 2.50. The van der Waals surface area contributed by atoms with Crippen molar-refractivity contribution in [2.24, 2.45) is 11.1 Å². The maximum Gasteiger partial charge on any atom is 0.119 e. The average molecular weight is 233 g/mol. The number of hydrogen-bond acceptors (Lipinski definition) is 3. The second kappa shape index (κ2) is 5.71. The van der Waals surface area contributed by atoms with E-state index >= 15 is 0 Å². The van der Waals surface area contributed by atoms with Gasteiger partial charge in [0.15, 0.2) is 0 Å². The first kappa shape index (κ1) is 12.0. The number of rotatable bonds is 3. The van der Waals surface area contributed by atoms with E-state index in [2.05, 4.69) is 17.3 Å². The van der Waals surface area contributed by atoms with Crippen LogP contribution in [0.1, 0.15) is 31.2 Å². The molecular weight excluding hydrogens is 214 g/mol. The summed E-state index contributed by atoms with van der Waals surface area (Å²) in [6.45, 7) is 0. The van der Waals surface area contributed by atoms with Crippen LogP contribution >= 0.6 is 0 Å². The first-order valence-electron chi connectivity index (χ1n) is 6.17. The summed E-state index contributed by atoms with van der Waals surface area (Å²) in [6, 6.07) is 8.12. The second-order valence-electron chi connectivity index (χ2n) is 4.59. The van der Waals surface area contributed by atoms with E-state index in [-0.39, 0.29) is 0 Å². The van der Waals surface area contributed by atoms with Crippen molar-refractivity contribution >= 4 is 5.71 Å². The number of nitrogens with zero attached hydrogens (tertiary/aromatic N) is 1. The molecule has 0 heterocycles. The second-order valence-corrected chi connectivity index (χ2v) is 4.59. The Labute approximate surface area is 102 Å². The van der Waals surface area contributed by atoms with Gasteiger partial charge in [-0.1, -0.05) is 23.7 Å². The van der Waals surface area contributed by atoms with E-state index in [9.17, 15) is 0 Å². The Kier molecular flexibility index (Phi) is 4.02. The normalized spacial score (nSPS) is 22.6. The third-order valence-electron chi connectivity index (χ3n) is 3.45. The van der Waals surface area contributed by atoms with Crippen LogP contribution in [0.25, 0.3) is 0 Å². The molecule has 1 aromatic rings.